The molecule has 49 heavy (non-hydrogen) atoms. The average molecular weight is 648 g/mol. The molecule has 0 bridgehead atoms. The standard InChI is InChI=1S/C44H29N3OS/c1-44(2)35-17-9-10-18-39(35)48-42-30(26-45)22-29(23-36(42)44)31-14-6-7-15-32(31)38-25-37(46-43(47-38)27-12-4-3-5-13-27)28-20-21-34-33-16-8-11-19-40(33)49-41(34)24-28/h3-25H,1-2H3. The summed E-state index contributed by atoms with van der Waals surface area (Å²) in [5.74, 6) is 2.08. The lowest BCUT2D eigenvalue weighted by molar-refractivity contribution is 0.417. The van der Waals surface area contributed by atoms with E-state index >= 15 is 0 Å². The SMILES string of the molecule is CC1(C)c2ccccc2Oc2c(C#N)cc(-c3ccccc3-c3cc(-c4ccc5c(c4)sc4ccccc45)nc(-c4ccccc4)n3)cc21. The molecule has 0 atom stereocenters. The Morgan fingerprint density at radius 1 is 0.592 bits per heavy atom. The molecule has 0 unspecified atom stereocenters. The lowest BCUT2D eigenvalue weighted by atomic mass is 9.74. The number of aromatic nitrogens is 2. The second-order valence-corrected chi connectivity index (χ2v) is 14.0. The summed E-state index contributed by atoms with van der Waals surface area (Å²) in [5.41, 5.74) is 8.77. The molecule has 0 N–H and O–H groups in total. The average Bonchev–Trinajstić information content (AvgIpc) is 3.53. The predicted octanol–water partition coefficient (Wildman–Crippen LogP) is 11.8. The van der Waals surface area contributed by atoms with E-state index in [1.54, 1.807) is 11.3 Å². The molecule has 8 aromatic rings. The molecule has 0 amide bonds. The molecule has 5 heteroatoms. The molecule has 232 valence electrons. The first-order chi connectivity index (χ1) is 24.0. The molecule has 4 nitrogen and oxygen atoms in total. The third-order valence-corrected chi connectivity index (χ3v) is 10.7. The van der Waals surface area contributed by atoms with E-state index < -0.39 is 0 Å². The molecule has 0 fully saturated rings. The summed E-state index contributed by atoms with van der Waals surface area (Å²) in [4.78, 5) is 10.3. The van der Waals surface area contributed by atoms with Crippen molar-refractivity contribution < 1.29 is 4.74 Å². The van der Waals surface area contributed by atoms with E-state index in [0.29, 0.717) is 17.1 Å². The second kappa shape index (κ2) is 11.3. The highest BCUT2D eigenvalue weighted by atomic mass is 32.1. The van der Waals surface area contributed by atoms with Crippen LogP contribution in [0.1, 0.15) is 30.5 Å². The topological polar surface area (TPSA) is 58.8 Å². The fraction of sp³-hybridized carbons (Fsp3) is 0.0682. The number of fused-ring (bicyclic) bond motifs is 5. The normalized spacial score (nSPS) is 13.0. The van der Waals surface area contributed by atoms with Crippen LogP contribution in [0.4, 0.5) is 0 Å². The zero-order valence-electron chi connectivity index (χ0n) is 26.9. The minimum absolute atomic E-state index is 0.367. The van der Waals surface area contributed by atoms with Crippen LogP contribution in [0.2, 0.25) is 0 Å². The molecule has 0 saturated heterocycles. The van der Waals surface area contributed by atoms with Crippen LogP contribution in [0, 0.1) is 11.3 Å². The van der Waals surface area contributed by atoms with Crippen molar-refractivity contribution in [2.75, 3.05) is 0 Å². The van der Waals surface area contributed by atoms with Crippen LogP contribution in [-0.2, 0) is 5.41 Å². The molecular weight excluding hydrogens is 619 g/mol. The van der Waals surface area contributed by atoms with E-state index in [-0.39, 0.29) is 5.41 Å². The highest BCUT2D eigenvalue weighted by molar-refractivity contribution is 7.25. The van der Waals surface area contributed by atoms with Gasteiger partial charge in [0.05, 0.1) is 17.0 Å². The lowest BCUT2D eigenvalue weighted by Gasteiger charge is -2.35. The monoisotopic (exact) mass is 647 g/mol. The summed E-state index contributed by atoms with van der Waals surface area (Å²) in [6.07, 6.45) is 0. The van der Waals surface area contributed by atoms with Gasteiger partial charge in [0, 0.05) is 53.4 Å². The van der Waals surface area contributed by atoms with E-state index in [9.17, 15) is 5.26 Å². The molecule has 0 saturated carbocycles. The molecule has 6 aromatic carbocycles. The van der Waals surface area contributed by atoms with Gasteiger partial charge in [0.15, 0.2) is 5.82 Å². The third-order valence-electron chi connectivity index (χ3n) is 9.60. The summed E-state index contributed by atoms with van der Waals surface area (Å²) in [6.45, 7) is 4.39. The summed E-state index contributed by atoms with van der Waals surface area (Å²) in [6, 6.07) is 50.3. The fourth-order valence-corrected chi connectivity index (χ4v) is 8.21. The number of rotatable bonds is 4. The van der Waals surface area contributed by atoms with Crippen LogP contribution < -0.4 is 4.74 Å². The zero-order chi connectivity index (χ0) is 33.1. The highest BCUT2D eigenvalue weighted by Crippen LogP contribution is 2.50. The van der Waals surface area contributed by atoms with Gasteiger partial charge in [0.25, 0.3) is 0 Å². The van der Waals surface area contributed by atoms with Crippen LogP contribution in [0.5, 0.6) is 11.5 Å². The van der Waals surface area contributed by atoms with E-state index in [4.69, 9.17) is 14.7 Å². The Labute approximate surface area is 288 Å². The van der Waals surface area contributed by atoms with Crippen molar-refractivity contribution in [1.82, 2.24) is 9.97 Å². The van der Waals surface area contributed by atoms with Crippen molar-refractivity contribution in [2.45, 2.75) is 19.3 Å². The number of thiophene rings is 1. The minimum atomic E-state index is -0.367. The maximum absolute atomic E-state index is 10.4. The van der Waals surface area contributed by atoms with Gasteiger partial charge in [-0.25, -0.2) is 9.97 Å². The Hall–Kier alpha value is -6.09. The van der Waals surface area contributed by atoms with Crippen LogP contribution in [0.25, 0.3) is 65.2 Å². The van der Waals surface area contributed by atoms with Crippen molar-refractivity contribution in [3.63, 3.8) is 0 Å². The first-order valence-corrected chi connectivity index (χ1v) is 17.1. The van der Waals surface area contributed by atoms with Crippen molar-refractivity contribution in [2.24, 2.45) is 0 Å². The maximum Gasteiger partial charge on any atom is 0.160 e. The smallest absolute Gasteiger partial charge is 0.160 e. The number of ether oxygens (including phenoxy) is 1. The number of nitriles is 1. The fourth-order valence-electron chi connectivity index (χ4n) is 7.06. The quantitative estimate of drug-likeness (QED) is 0.191. The highest BCUT2D eigenvalue weighted by Gasteiger charge is 2.36. The minimum Gasteiger partial charge on any atom is -0.455 e. The largest absolute Gasteiger partial charge is 0.455 e. The molecule has 0 radical (unpaired) electrons. The van der Waals surface area contributed by atoms with Gasteiger partial charge in [-0.05, 0) is 47.5 Å². The van der Waals surface area contributed by atoms with Gasteiger partial charge in [0.1, 0.15) is 17.6 Å². The molecule has 1 aliphatic heterocycles. The van der Waals surface area contributed by atoms with Gasteiger partial charge in [-0.2, -0.15) is 5.26 Å². The van der Waals surface area contributed by atoms with Gasteiger partial charge in [-0.15, -0.1) is 11.3 Å². The Bertz CT molecular complexity index is 2630. The molecular formula is C44H29N3OS. The van der Waals surface area contributed by atoms with E-state index in [0.717, 1.165) is 56.1 Å². The van der Waals surface area contributed by atoms with Gasteiger partial charge in [0.2, 0.25) is 0 Å². The Kier molecular flexibility index (Phi) is 6.69. The number of benzene rings is 6. The predicted molar refractivity (Wildman–Crippen MR) is 200 cm³/mol. The Morgan fingerprint density at radius 3 is 2.16 bits per heavy atom. The third kappa shape index (κ3) is 4.80. The first kappa shape index (κ1) is 29.1. The number of nitrogens with zero attached hydrogens (tertiary/aromatic N) is 3. The summed E-state index contributed by atoms with van der Waals surface area (Å²) in [5, 5.41) is 12.9. The van der Waals surface area contributed by atoms with Crippen LogP contribution >= 0.6 is 11.3 Å². The van der Waals surface area contributed by atoms with E-state index in [2.05, 4.69) is 92.7 Å². The summed E-state index contributed by atoms with van der Waals surface area (Å²) >= 11 is 1.80. The molecule has 0 spiro atoms. The number of hydrogen-bond donors (Lipinski definition) is 0. The first-order valence-electron chi connectivity index (χ1n) is 16.3. The van der Waals surface area contributed by atoms with Gasteiger partial charge >= 0.3 is 0 Å². The Balaban J connectivity index is 1.23. The summed E-state index contributed by atoms with van der Waals surface area (Å²) in [7, 11) is 0. The molecule has 1 aliphatic rings. The lowest BCUT2D eigenvalue weighted by Crippen LogP contribution is -2.24. The van der Waals surface area contributed by atoms with Crippen molar-refractivity contribution in [1.29, 1.82) is 5.26 Å². The van der Waals surface area contributed by atoms with Crippen LogP contribution in [0.3, 0.4) is 0 Å². The second-order valence-electron chi connectivity index (χ2n) is 12.9. The van der Waals surface area contributed by atoms with Crippen LogP contribution in [0.15, 0.2) is 140 Å². The van der Waals surface area contributed by atoms with E-state index in [1.165, 1.54) is 20.2 Å². The maximum atomic E-state index is 10.4. The zero-order valence-corrected chi connectivity index (χ0v) is 27.8. The number of hydrogen-bond acceptors (Lipinski definition) is 5. The molecule has 9 rings (SSSR count). The van der Waals surface area contributed by atoms with Crippen molar-refractivity contribution in [3.8, 4) is 62.6 Å². The molecule has 2 aromatic heterocycles. The van der Waals surface area contributed by atoms with Crippen molar-refractivity contribution in [3.05, 3.63) is 156 Å². The Morgan fingerprint density at radius 2 is 1.31 bits per heavy atom. The van der Waals surface area contributed by atoms with Crippen LogP contribution in [-0.4, -0.2) is 9.97 Å². The van der Waals surface area contributed by atoms with Crippen molar-refractivity contribution >= 4 is 31.5 Å². The van der Waals surface area contributed by atoms with Gasteiger partial charge < -0.3 is 4.74 Å². The molecule has 3 heterocycles. The van der Waals surface area contributed by atoms with E-state index in [1.807, 2.05) is 66.7 Å². The number of para-hydroxylation sites is 1. The summed E-state index contributed by atoms with van der Waals surface area (Å²) < 4.78 is 8.88. The van der Waals surface area contributed by atoms with Gasteiger partial charge in [-0.3, -0.25) is 0 Å². The van der Waals surface area contributed by atoms with Gasteiger partial charge in [-0.1, -0.05) is 117 Å². The molecule has 0 aliphatic carbocycles.